The molecule has 0 radical (unpaired) electrons. The van der Waals surface area contributed by atoms with Gasteiger partial charge < -0.3 is 15.8 Å². The number of nitrogens with one attached hydrogen (secondary N) is 1. The molecule has 0 aliphatic heterocycles. The third kappa shape index (κ3) is 6.35. The minimum atomic E-state index is 0.603. The molecule has 0 amide bonds. The van der Waals surface area contributed by atoms with Crippen molar-refractivity contribution < 1.29 is 4.74 Å². The van der Waals surface area contributed by atoms with Gasteiger partial charge in [-0.15, -0.1) is 0 Å². The van der Waals surface area contributed by atoms with Gasteiger partial charge in [-0.25, -0.2) is 0 Å². The van der Waals surface area contributed by atoms with E-state index in [1.807, 2.05) is 30.4 Å². The van der Waals surface area contributed by atoms with Crippen LogP contribution in [0.1, 0.15) is 5.56 Å². The molecule has 1 aromatic rings. The molecule has 0 atom stereocenters. The van der Waals surface area contributed by atoms with Crippen LogP contribution in [-0.4, -0.2) is 26.2 Å². The number of hydrogen-bond donors (Lipinski definition) is 2. The molecule has 0 aliphatic rings. The van der Waals surface area contributed by atoms with Gasteiger partial charge in [0.2, 0.25) is 0 Å². The van der Waals surface area contributed by atoms with Crippen LogP contribution in [0.5, 0.6) is 0 Å². The van der Waals surface area contributed by atoms with Crippen molar-refractivity contribution in [2.75, 3.05) is 26.2 Å². The molecule has 3 nitrogen and oxygen atoms in total. The largest absolute Gasteiger partial charge is 0.375 e. The van der Waals surface area contributed by atoms with E-state index in [0.29, 0.717) is 13.2 Å². The second-order valence-electron chi connectivity index (χ2n) is 3.45. The quantitative estimate of drug-likeness (QED) is 0.513. The Balaban J connectivity index is 1.94. The number of ether oxygens (including phenoxy) is 1. The normalized spacial score (nSPS) is 11.1. The Labute approximate surface area is 97.3 Å². The van der Waals surface area contributed by atoms with Gasteiger partial charge in [0, 0.05) is 19.6 Å². The summed E-state index contributed by atoms with van der Waals surface area (Å²) < 4.78 is 5.51. The average Bonchev–Trinajstić information content (AvgIpc) is 2.34. The molecule has 0 fully saturated rings. The molecule has 0 saturated heterocycles. The smallest absolute Gasteiger partial charge is 0.0717 e. The maximum Gasteiger partial charge on any atom is 0.0717 e. The summed E-state index contributed by atoms with van der Waals surface area (Å²) in [6.07, 6.45) is 3.97. The second kappa shape index (κ2) is 9.09. The van der Waals surface area contributed by atoms with E-state index < -0.39 is 0 Å². The number of hydrogen-bond acceptors (Lipinski definition) is 3. The van der Waals surface area contributed by atoms with Gasteiger partial charge in [0.1, 0.15) is 0 Å². The third-order valence-corrected chi connectivity index (χ3v) is 2.10. The summed E-state index contributed by atoms with van der Waals surface area (Å²) >= 11 is 0. The number of rotatable bonds is 8. The van der Waals surface area contributed by atoms with E-state index in [2.05, 4.69) is 17.4 Å². The summed E-state index contributed by atoms with van der Waals surface area (Å²) in [7, 11) is 0. The predicted octanol–water partition coefficient (Wildman–Crippen LogP) is 1.31. The van der Waals surface area contributed by atoms with Crippen molar-refractivity contribution in [3.05, 3.63) is 48.0 Å². The molecule has 1 aromatic carbocycles. The Morgan fingerprint density at radius 2 is 2.00 bits per heavy atom. The van der Waals surface area contributed by atoms with Gasteiger partial charge in [0.25, 0.3) is 0 Å². The van der Waals surface area contributed by atoms with Crippen LogP contribution in [0.3, 0.4) is 0 Å². The molecule has 3 N–H and O–H groups in total. The zero-order chi connectivity index (χ0) is 11.5. The molecule has 0 spiro atoms. The molecule has 0 saturated carbocycles. The van der Waals surface area contributed by atoms with Crippen molar-refractivity contribution in [3.8, 4) is 0 Å². The molecule has 0 aromatic heterocycles. The Morgan fingerprint density at radius 3 is 2.75 bits per heavy atom. The summed E-state index contributed by atoms with van der Waals surface area (Å²) in [6.45, 7) is 3.73. The third-order valence-electron chi connectivity index (χ3n) is 2.10. The van der Waals surface area contributed by atoms with E-state index in [0.717, 1.165) is 19.7 Å². The SMILES string of the molecule is NC/C=C/CNCCOCc1ccccc1. The van der Waals surface area contributed by atoms with Gasteiger partial charge in [0.05, 0.1) is 13.2 Å². The summed E-state index contributed by atoms with van der Waals surface area (Å²) in [6, 6.07) is 10.2. The molecule has 88 valence electrons. The van der Waals surface area contributed by atoms with Crippen LogP contribution in [0.2, 0.25) is 0 Å². The highest BCUT2D eigenvalue weighted by molar-refractivity contribution is 5.13. The van der Waals surface area contributed by atoms with E-state index in [1.54, 1.807) is 0 Å². The molecule has 1 rings (SSSR count). The topological polar surface area (TPSA) is 47.3 Å². The lowest BCUT2D eigenvalue weighted by Gasteiger charge is -2.04. The van der Waals surface area contributed by atoms with Crippen LogP contribution < -0.4 is 11.1 Å². The van der Waals surface area contributed by atoms with Crippen LogP contribution in [0.25, 0.3) is 0 Å². The van der Waals surface area contributed by atoms with Gasteiger partial charge in [-0.3, -0.25) is 0 Å². The van der Waals surface area contributed by atoms with Crippen molar-refractivity contribution in [2.45, 2.75) is 6.61 Å². The van der Waals surface area contributed by atoms with Gasteiger partial charge in [0.15, 0.2) is 0 Å². The fraction of sp³-hybridized carbons (Fsp3) is 0.385. The number of nitrogens with two attached hydrogens (primary N) is 1. The van der Waals surface area contributed by atoms with Crippen molar-refractivity contribution in [3.63, 3.8) is 0 Å². The number of benzene rings is 1. The zero-order valence-electron chi connectivity index (χ0n) is 9.56. The predicted molar refractivity (Wildman–Crippen MR) is 67.2 cm³/mol. The van der Waals surface area contributed by atoms with Crippen LogP contribution in [-0.2, 0) is 11.3 Å². The molecule has 16 heavy (non-hydrogen) atoms. The van der Waals surface area contributed by atoms with E-state index in [-0.39, 0.29) is 0 Å². The van der Waals surface area contributed by atoms with Crippen molar-refractivity contribution in [2.24, 2.45) is 5.73 Å². The fourth-order valence-corrected chi connectivity index (χ4v) is 1.27. The zero-order valence-corrected chi connectivity index (χ0v) is 9.56. The molecule has 0 unspecified atom stereocenters. The lowest BCUT2D eigenvalue weighted by atomic mass is 10.2. The minimum Gasteiger partial charge on any atom is -0.375 e. The van der Waals surface area contributed by atoms with Crippen LogP contribution in [0.4, 0.5) is 0 Å². The van der Waals surface area contributed by atoms with Crippen molar-refractivity contribution in [1.82, 2.24) is 5.32 Å². The van der Waals surface area contributed by atoms with E-state index in [1.165, 1.54) is 5.56 Å². The van der Waals surface area contributed by atoms with Crippen molar-refractivity contribution in [1.29, 1.82) is 0 Å². The highest BCUT2D eigenvalue weighted by Gasteiger charge is 1.90. The molecule has 0 bridgehead atoms. The van der Waals surface area contributed by atoms with Crippen LogP contribution in [0.15, 0.2) is 42.5 Å². The molecule has 0 heterocycles. The molecule has 3 heteroatoms. The first-order valence-corrected chi connectivity index (χ1v) is 5.61. The summed E-state index contributed by atoms with van der Waals surface area (Å²) in [5.41, 5.74) is 6.53. The molecule has 0 aliphatic carbocycles. The lowest BCUT2D eigenvalue weighted by Crippen LogP contribution is -2.19. The first kappa shape index (κ1) is 12.9. The van der Waals surface area contributed by atoms with E-state index in [9.17, 15) is 0 Å². The van der Waals surface area contributed by atoms with E-state index >= 15 is 0 Å². The van der Waals surface area contributed by atoms with Gasteiger partial charge in [-0.05, 0) is 5.56 Å². The van der Waals surface area contributed by atoms with Gasteiger partial charge in [-0.2, -0.15) is 0 Å². The second-order valence-corrected chi connectivity index (χ2v) is 3.45. The molecular weight excluding hydrogens is 200 g/mol. The molecular formula is C13H20N2O. The average molecular weight is 220 g/mol. The monoisotopic (exact) mass is 220 g/mol. The minimum absolute atomic E-state index is 0.603. The van der Waals surface area contributed by atoms with Crippen LogP contribution in [0, 0.1) is 0 Å². The maximum absolute atomic E-state index is 5.51. The lowest BCUT2D eigenvalue weighted by molar-refractivity contribution is 0.123. The van der Waals surface area contributed by atoms with Crippen molar-refractivity contribution >= 4 is 0 Å². The maximum atomic E-state index is 5.51. The van der Waals surface area contributed by atoms with Crippen LogP contribution >= 0.6 is 0 Å². The first-order valence-electron chi connectivity index (χ1n) is 5.61. The summed E-state index contributed by atoms with van der Waals surface area (Å²) in [5, 5.41) is 3.24. The Kier molecular flexibility index (Phi) is 7.34. The standard InChI is InChI=1S/C13H20N2O/c14-8-4-5-9-15-10-11-16-12-13-6-2-1-3-7-13/h1-7,15H,8-12,14H2/b5-4+. The Morgan fingerprint density at radius 1 is 1.19 bits per heavy atom. The fourth-order valence-electron chi connectivity index (χ4n) is 1.27. The summed E-state index contributed by atoms with van der Waals surface area (Å²) in [4.78, 5) is 0. The highest BCUT2D eigenvalue weighted by atomic mass is 16.5. The first-order chi connectivity index (χ1) is 7.93. The van der Waals surface area contributed by atoms with E-state index in [4.69, 9.17) is 10.5 Å². The highest BCUT2D eigenvalue weighted by Crippen LogP contribution is 1.99. The van der Waals surface area contributed by atoms with Gasteiger partial charge >= 0.3 is 0 Å². The Bertz CT molecular complexity index is 285. The van der Waals surface area contributed by atoms with Gasteiger partial charge in [-0.1, -0.05) is 42.5 Å². The summed E-state index contributed by atoms with van der Waals surface area (Å²) in [5.74, 6) is 0. The Hall–Kier alpha value is -1.16.